The number of nitrogens with zero attached hydrogens (tertiary/aromatic N) is 3. The average molecular weight is 317 g/mol. The first kappa shape index (κ1) is 15.4. The Balaban J connectivity index is 2.27. The van der Waals surface area contributed by atoms with Crippen molar-refractivity contribution in [2.45, 2.75) is 23.4 Å². The highest BCUT2D eigenvalue weighted by Gasteiger charge is 2.40. The van der Waals surface area contributed by atoms with Gasteiger partial charge in [0.15, 0.2) is 5.03 Å². The average Bonchev–Trinajstić information content (AvgIpc) is 2.79. The van der Waals surface area contributed by atoms with Gasteiger partial charge in [-0.2, -0.15) is 4.72 Å². The van der Waals surface area contributed by atoms with Crippen molar-refractivity contribution in [3.63, 3.8) is 0 Å². The van der Waals surface area contributed by atoms with Crippen LogP contribution in [0, 0.1) is 0 Å². The first-order chi connectivity index (χ1) is 9.25. The van der Waals surface area contributed by atoms with Crippen molar-refractivity contribution in [3.05, 3.63) is 12.5 Å². The summed E-state index contributed by atoms with van der Waals surface area (Å²) in [6.45, 7) is 1.48. The van der Waals surface area contributed by atoms with E-state index in [9.17, 15) is 8.42 Å². The summed E-state index contributed by atoms with van der Waals surface area (Å²) < 4.78 is 29.0. The third kappa shape index (κ3) is 3.00. The summed E-state index contributed by atoms with van der Waals surface area (Å²) in [6.07, 6.45) is 4.01. The number of aromatic nitrogens is 2. The first-order valence-corrected chi connectivity index (χ1v) is 8.15. The quantitative estimate of drug-likeness (QED) is 0.724. The standard InChI is InChI=1S/C11H19N5O2S2/c1-15-5-3-11(4-6-15,10(12)19)14-20(17,18)9-7-16(2)8-13-9/h7-8,14H,3-6H2,1-2H3,(H2,12,19). The van der Waals surface area contributed by atoms with E-state index in [-0.39, 0.29) is 10.0 Å². The lowest BCUT2D eigenvalue weighted by atomic mass is 9.89. The molecule has 112 valence electrons. The van der Waals surface area contributed by atoms with Crippen LogP contribution in [0.5, 0.6) is 0 Å². The van der Waals surface area contributed by atoms with Crippen LogP contribution in [0.4, 0.5) is 0 Å². The summed E-state index contributed by atoms with van der Waals surface area (Å²) in [5.41, 5.74) is 4.94. The fourth-order valence-corrected chi connectivity index (χ4v) is 3.98. The molecule has 1 aromatic rings. The molecule has 1 fully saturated rings. The van der Waals surface area contributed by atoms with E-state index in [0.717, 1.165) is 13.1 Å². The van der Waals surface area contributed by atoms with E-state index in [1.807, 2.05) is 7.05 Å². The number of nitrogens with two attached hydrogens (primary N) is 1. The number of hydrogen-bond acceptors (Lipinski definition) is 5. The van der Waals surface area contributed by atoms with E-state index in [4.69, 9.17) is 18.0 Å². The molecule has 9 heteroatoms. The number of sulfonamides is 1. The monoisotopic (exact) mass is 317 g/mol. The molecule has 2 heterocycles. The highest BCUT2D eigenvalue weighted by atomic mass is 32.2. The first-order valence-electron chi connectivity index (χ1n) is 6.26. The Labute approximate surface area is 124 Å². The van der Waals surface area contributed by atoms with E-state index in [1.54, 1.807) is 11.6 Å². The van der Waals surface area contributed by atoms with Gasteiger partial charge in [0.05, 0.1) is 16.9 Å². The largest absolute Gasteiger partial charge is 0.392 e. The van der Waals surface area contributed by atoms with Gasteiger partial charge in [-0.05, 0) is 19.9 Å². The van der Waals surface area contributed by atoms with Crippen molar-refractivity contribution in [1.29, 1.82) is 0 Å². The van der Waals surface area contributed by atoms with Crippen LogP contribution in [-0.4, -0.2) is 53.5 Å². The minimum Gasteiger partial charge on any atom is -0.392 e. The SMILES string of the molecule is CN1CCC(NS(=O)(=O)c2cn(C)cn2)(C(N)=S)CC1. The molecule has 0 aliphatic carbocycles. The Morgan fingerprint density at radius 2 is 2.05 bits per heavy atom. The van der Waals surface area contributed by atoms with Gasteiger partial charge < -0.3 is 15.2 Å². The fraction of sp³-hybridized carbons (Fsp3) is 0.636. The maximum absolute atomic E-state index is 12.4. The van der Waals surface area contributed by atoms with Crippen molar-refractivity contribution in [1.82, 2.24) is 19.2 Å². The molecule has 0 radical (unpaired) electrons. The van der Waals surface area contributed by atoms with Crippen molar-refractivity contribution in [2.24, 2.45) is 12.8 Å². The van der Waals surface area contributed by atoms with Gasteiger partial charge in [-0.1, -0.05) is 12.2 Å². The smallest absolute Gasteiger partial charge is 0.260 e. The molecular formula is C11H19N5O2S2. The van der Waals surface area contributed by atoms with Crippen LogP contribution in [-0.2, 0) is 17.1 Å². The van der Waals surface area contributed by atoms with Crippen LogP contribution >= 0.6 is 12.2 Å². The Hall–Kier alpha value is -1.03. The van der Waals surface area contributed by atoms with Crippen LogP contribution in [0.15, 0.2) is 17.6 Å². The molecule has 0 bridgehead atoms. The van der Waals surface area contributed by atoms with Crippen molar-refractivity contribution >= 4 is 27.2 Å². The minimum atomic E-state index is -3.73. The van der Waals surface area contributed by atoms with E-state index in [1.165, 1.54) is 12.5 Å². The van der Waals surface area contributed by atoms with E-state index < -0.39 is 15.6 Å². The Kier molecular flexibility index (Phi) is 4.14. The molecule has 1 saturated heterocycles. The van der Waals surface area contributed by atoms with Gasteiger partial charge in [0, 0.05) is 26.3 Å². The van der Waals surface area contributed by atoms with Gasteiger partial charge in [-0.25, -0.2) is 13.4 Å². The maximum atomic E-state index is 12.4. The lowest BCUT2D eigenvalue weighted by Gasteiger charge is -2.39. The number of rotatable bonds is 4. The molecule has 0 spiro atoms. The number of imidazole rings is 1. The van der Waals surface area contributed by atoms with Crippen molar-refractivity contribution in [3.8, 4) is 0 Å². The molecule has 0 unspecified atom stereocenters. The summed E-state index contributed by atoms with van der Waals surface area (Å²) in [4.78, 5) is 6.18. The molecule has 0 saturated carbocycles. The van der Waals surface area contributed by atoms with Gasteiger partial charge in [-0.15, -0.1) is 0 Å². The Morgan fingerprint density at radius 1 is 1.45 bits per heavy atom. The lowest BCUT2D eigenvalue weighted by molar-refractivity contribution is 0.220. The number of aryl methyl sites for hydroxylation is 1. The zero-order valence-corrected chi connectivity index (χ0v) is 13.2. The second-order valence-corrected chi connectivity index (χ2v) is 7.30. The lowest BCUT2D eigenvalue weighted by Crippen LogP contribution is -2.61. The summed E-state index contributed by atoms with van der Waals surface area (Å²) >= 11 is 5.10. The maximum Gasteiger partial charge on any atom is 0.260 e. The topological polar surface area (TPSA) is 93.2 Å². The molecule has 3 N–H and O–H groups in total. The molecule has 0 aromatic carbocycles. The highest BCUT2D eigenvalue weighted by Crippen LogP contribution is 2.24. The zero-order valence-electron chi connectivity index (χ0n) is 11.5. The van der Waals surface area contributed by atoms with Crippen LogP contribution in [0.1, 0.15) is 12.8 Å². The minimum absolute atomic E-state index is 0.0189. The molecule has 20 heavy (non-hydrogen) atoms. The second-order valence-electron chi connectivity index (χ2n) is 5.23. The molecule has 0 amide bonds. The highest BCUT2D eigenvalue weighted by molar-refractivity contribution is 7.89. The molecule has 0 atom stereocenters. The van der Waals surface area contributed by atoms with Gasteiger partial charge in [-0.3, -0.25) is 0 Å². The number of piperidine rings is 1. The van der Waals surface area contributed by atoms with Gasteiger partial charge in [0.1, 0.15) is 0 Å². The molecule has 1 aromatic heterocycles. The normalized spacial score (nSPS) is 19.9. The number of likely N-dealkylation sites (tertiary alicyclic amines) is 1. The zero-order chi connectivity index (χ0) is 15.0. The Morgan fingerprint density at radius 3 is 2.50 bits per heavy atom. The predicted octanol–water partition coefficient (Wildman–Crippen LogP) is -0.551. The summed E-state index contributed by atoms with van der Waals surface area (Å²) in [5, 5.41) is -0.0189. The summed E-state index contributed by atoms with van der Waals surface area (Å²) in [5.74, 6) is 0. The van der Waals surface area contributed by atoms with Gasteiger partial charge in [0.25, 0.3) is 10.0 Å². The van der Waals surface area contributed by atoms with E-state index in [0.29, 0.717) is 12.8 Å². The van der Waals surface area contributed by atoms with Crippen LogP contribution in [0.3, 0.4) is 0 Å². The third-order valence-corrected chi connectivity index (χ3v) is 5.41. The van der Waals surface area contributed by atoms with Crippen molar-refractivity contribution < 1.29 is 8.42 Å². The van der Waals surface area contributed by atoms with Crippen LogP contribution in [0.25, 0.3) is 0 Å². The Bertz CT molecular complexity index is 602. The summed E-state index contributed by atoms with van der Waals surface area (Å²) in [7, 11) is -0.0319. The summed E-state index contributed by atoms with van der Waals surface area (Å²) in [6, 6.07) is 0. The van der Waals surface area contributed by atoms with Gasteiger partial charge in [0.2, 0.25) is 0 Å². The van der Waals surface area contributed by atoms with Crippen LogP contribution < -0.4 is 10.5 Å². The molecule has 7 nitrogen and oxygen atoms in total. The number of hydrogen-bond donors (Lipinski definition) is 2. The fourth-order valence-electron chi connectivity index (χ4n) is 2.24. The second kappa shape index (κ2) is 5.40. The molecule has 2 rings (SSSR count). The van der Waals surface area contributed by atoms with E-state index in [2.05, 4.69) is 14.6 Å². The van der Waals surface area contributed by atoms with Crippen LogP contribution in [0.2, 0.25) is 0 Å². The van der Waals surface area contributed by atoms with Gasteiger partial charge >= 0.3 is 0 Å². The predicted molar refractivity (Wildman–Crippen MR) is 79.8 cm³/mol. The molecular weight excluding hydrogens is 298 g/mol. The molecule has 1 aliphatic rings. The third-order valence-electron chi connectivity index (χ3n) is 3.60. The molecule has 1 aliphatic heterocycles. The van der Waals surface area contributed by atoms with Crippen molar-refractivity contribution in [2.75, 3.05) is 20.1 Å². The van der Waals surface area contributed by atoms with E-state index >= 15 is 0 Å². The number of nitrogens with one attached hydrogen (secondary N) is 1. The number of thiocarbonyl (C=S) groups is 1.